The SMILES string of the molecule is COCCn1nnnc1[C@H](c1ccccc1Cl)N1CCN(c2cc(C)ccc2C)CC1. The molecular weight excluding hydrogens is 412 g/mol. The summed E-state index contributed by atoms with van der Waals surface area (Å²) in [6.07, 6.45) is 0. The average molecular weight is 441 g/mol. The lowest BCUT2D eigenvalue weighted by Crippen LogP contribution is -2.48. The molecule has 0 saturated carbocycles. The second-order valence-electron chi connectivity index (χ2n) is 7.99. The topological polar surface area (TPSA) is 59.3 Å². The van der Waals surface area contributed by atoms with Crippen LogP contribution < -0.4 is 4.90 Å². The molecule has 1 atom stereocenters. The third-order valence-corrected chi connectivity index (χ3v) is 6.24. The van der Waals surface area contributed by atoms with Crippen LogP contribution in [0.5, 0.6) is 0 Å². The minimum absolute atomic E-state index is 0.110. The first kappa shape index (κ1) is 21.7. The number of aromatic nitrogens is 4. The van der Waals surface area contributed by atoms with E-state index >= 15 is 0 Å². The number of ether oxygens (including phenoxy) is 1. The summed E-state index contributed by atoms with van der Waals surface area (Å²) in [5.74, 6) is 0.797. The molecule has 0 N–H and O–H groups in total. The van der Waals surface area contributed by atoms with Gasteiger partial charge in [-0.3, -0.25) is 4.90 Å². The summed E-state index contributed by atoms with van der Waals surface area (Å²) in [6.45, 7) is 9.12. The third kappa shape index (κ3) is 4.74. The molecule has 0 radical (unpaired) electrons. The largest absolute Gasteiger partial charge is 0.383 e. The van der Waals surface area contributed by atoms with Crippen LogP contribution in [-0.4, -0.2) is 65.0 Å². The summed E-state index contributed by atoms with van der Waals surface area (Å²) in [5.41, 5.74) is 4.94. The quantitative estimate of drug-likeness (QED) is 0.560. The Morgan fingerprint density at radius 1 is 1.06 bits per heavy atom. The smallest absolute Gasteiger partial charge is 0.173 e. The zero-order valence-electron chi connectivity index (χ0n) is 18.3. The van der Waals surface area contributed by atoms with Crippen molar-refractivity contribution < 1.29 is 4.74 Å². The average Bonchev–Trinajstić information content (AvgIpc) is 3.24. The number of aryl methyl sites for hydroxylation is 2. The van der Waals surface area contributed by atoms with Gasteiger partial charge in [-0.05, 0) is 53.1 Å². The van der Waals surface area contributed by atoms with Crippen molar-refractivity contribution >= 4 is 17.3 Å². The van der Waals surface area contributed by atoms with Gasteiger partial charge in [-0.1, -0.05) is 41.9 Å². The lowest BCUT2D eigenvalue weighted by molar-refractivity contribution is 0.172. The maximum absolute atomic E-state index is 6.63. The Balaban J connectivity index is 1.61. The van der Waals surface area contributed by atoms with Crippen LogP contribution in [0.25, 0.3) is 0 Å². The van der Waals surface area contributed by atoms with Crippen LogP contribution in [0.1, 0.15) is 28.6 Å². The van der Waals surface area contributed by atoms with Crippen molar-refractivity contribution in [1.29, 1.82) is 0 Å². The Kier molecular flexibility index (Phi) is 6.85. The zero-order valence-corrected chi connectivity index (χ0v) is 19.1. The number of halogens is 1. The molecule has 3 aromatic rings. The maximum atomic E-state index is 6.63. The normalized spacial score (nSPS) is 15.9. The predicted octanol–water partition coefficient (Wildman–Crippen LogP) is 3.50. The molecular formula is C23H29ClN6O. The van der Waals surface area contributed by atoms with E-state index < -0.39 is 0 Å². The molecule has 0 spiro atoms. The van der Waals surface area contributed by atoms with Gasteiger partial charge >= 0.3 is 0 Å². The molecule has 0 unspecified atom stereocenters. The van der Waals surface area contributed by atoms with Gasteiger partial charge in [0.2, 0.25) is 0 Å². The predicted molar refractivity (Wildman–Crippen MR) is 123 cm³/mol. The van der Waals surface area contributed by atoms with E-state index in [0.717, 1.165) is 42.6 Å². The van der Waals surface area contributed by atoms with Crippen LogP contribution in [0.2, 0.25) is 5.02 Å². The van der Waals surface area contributed by atoms with Gasteiger partial charge in [0.05, 0.1) is 19.2 Å². The first-order valence-corrected chi connectivity index (χ1v) is 11.0. The number of hydrogen-bond donors (Lipinski definition) is 0. The zero-order chi connectivity index (χ0) is 21.8. The summed E-state index contributed by atoms with van der Waals surface area (Å²) in [4.78, 5) is 4.90. The number of rotatable bonds is 7. The summed E-state index contributed by atoms with van der Waals surface area (Å²) in [5, 5.41) is 13.3. The summed E-state index contributed by atoms with van der Waals surface area (Å²) < 4.78 is 7.07. The second-order valence-corrected chi connectivity index (χ2v) is 8.40. The third-order valence-electron chi connectivity index (χ3n) is 5.90. The molecule has 2 aromatic carbocycles. The van der Waals surface area contributed by atoms with Gasteiger partial charge in [0.25, 0.3) is 0 Å². The minimum atomic E-state index is -0.110. The van der Waals surface area contributed by atoms with Crippen molar-refractivity contribution in [2.75, 3.05) is 44.8 Å². The molecule has 1 aliphatic rings. The van der Waals surface area contributed by atoms with Gasteiger partial charge in [0.15, 0.2) is 5.82 Å². The van der Waals surface area contributed by atoms with Crippen LogP contribution in [0, 0.1) is 13.8 Å². The van der Waals surface area contributed by atoms with Crippen LogP contribution in [0.4, 0.5) is 5.69 Å². The minimum Gasteiger partial charge on any atom is -0.383 e. The molecule has 7 nitrogen and oxygen atoms in total. The Bertz CT molecular complexity index is 1010. The van der Waals surface area contributed by atoms with Crippen molar-refractivity contribution in [3.63, 3.8) is 0 Å². The molecule has 0 bridgehead atoms. The van der Waals surface area contributed by atoms with Gasteiger partial charge < -0.3 is 9.64 Å². The highest BCUT2D eigenvalue weighted by atomic mass is 35.5. The molecule has 4 rings (SSSR count). The number of benzene rings is 2. The Labute approximate surface area is 188 Å². The fourth-order valence-electron chi connectivity index (χ4n) is 4.22. The Morgan fingerprint density at radius 2 is 1.84 bits per heavy atom. The molecule has 1 aromatic heterocycles. The number of piperazine rings is 1. The van der Waals surface area contributed by atoms with Crippen molar-refractivity contribution in [3.05, 3.63) is 70.0 Å². The molecule has 0 aliphatic carbocycles. The van der Waals surface area contributed by atoms with E-state index in [0.29, 0.717) is 13.2 Å². The van der Waals surface area contributed by atoms with Crippen molar-refractivity contribution in [3.8, 4) is 0 Å². The maximum Gasteiger partial charge on any atom is 0.173 e. The van der Waals surface area contributed by atoms with Crippen LogP contribution in [0.3, 0.4) is 0 Å². The van der Waals surface area contributed by atoms with Crippen LogP contribution in [-0.2, 0) is 11.3 Å². The van der Waals surface area contributed by atoms with Crippen LogP contribution in [0.15, 0.2) is 42.5 Å². The molecule has 164 valence electrons. The van der Waals surface area contributed by atoms with Gasteiger partial charge in [-0.2, -0.15) is 0 Å². The van der Waals surface area contributed by atoms with E-state index in [9.17, 15) is 0 Å². The first-order chi connectivity index (χ1) is 15.1. The Hall–Kier alpha value is -2.48. The van der Waals surface area contributed by atoms with Crippen molar-refractivity contribution in [2.45, 2.75) is 26.4 Å². The molecule has 31 heavy (non-hydrogen) atoms. The first-order valence-electron chi connectivity index (χ1n) is 10.6. The molecule has 1 aliphatic heterocycles. The number of nitrogens with zero attached hydrogens (tertiary/aromatic N) is 6. The van der Waals surface area contributed by atoms with E-state index in [2.05, 4.69) is 63.4 Å². The standard InChI is InChI=1S/C23H29ClN6O/c1-17-8-9-18(2)21(16-17)28-10-12-29(13-11-28)22(19-6-4-5-7-20(19)24)23-25-26-27-30(23)14-15-31-3/h4-9,16,22H,10-15H2,1-3H3/t22-/m0/s1. The van der Waals surface area contributed by atoms with Crippen molar-refractivity contribution in [2.24, 2.45) is 0 Å². The monoisotopic (exact) mass is 440 g/mol. The van der Waals surface area contributed by atoms with Gasteiger partial charge in [0, 0.05) is 44.0 Å². The summed E-state index contributed by atoms with van der Waals surface area (Å²) in [7, 11) is 1.68. The molecule has 2 heterocycles. The summed E-state index contributed by atoms with van der Waals surface area (Å²) in [6, 6.07) is 14.5. The van der Waals surface area contributed by atoms with E-state index in [1.54, 1.807) is 7.11 Å². The van der Waals surface area contributed by atoms with Gasteiger partial charge in [-0.25, -0.2) is 4.68 Å². The molecule has 8 heteroatoms. The molecule has 1 saturated heterocycles. The summed E-state index contributed by atoms with van der Waals surface area (Å²) >= 11 is 6.63. The molecule has 0 amide bonds. The van der Waals surface area contributed by atoms with Gasteiger partial charge in [-0.15, -0.1) is 5.10 Å². The fourth-order valence-corrected chi connectivity index (χ4v) is 4.46. The second kappa shape index (κ2) is 9.77. The number of methoxy groups -OCH3 is 1. The number of hydrogen-bond acceptors (Lipinski definition) is 6. The van der Waals surface area contributed by atoms with E-state index in [1.807, 2.05) is 22.9 Å². The fraction of sp³-hybridized carbons (Fsp3) is 0.435. The number of anilines is 1. The van der Waals surface area contributed by atoms with E-state index in [-0.39, 0.29) is 6.04 Å². The highest BCUT2D eigenvalue weighted by Crippen LogP contribution is 2.33. The van der Waals surface area contributed by atoms with Crippen molar-refractivity contribution in [1.82, 2.24) is 25.1 Å². The van der Waals surface area contributed by atoms with E-state index in [4.69, 9.17) is 16.3 Å². The molecule has 1 fully saturated rings. The lowest BCUT2D eigenvalue weighted by Gasteiger charge is -2.40. The lowest BCUT2D eigenvalue weighted by atomic mass is 10.0. The van der Waals surface area contributed by atoms with E-state index in [1.165, 1.54) is 16.8 Å². The highest BCUT2D eigenvalue weighted by molar-refractivity contribution is 6.31. The number of tetrazole rings is 1. The van der Waals surface area contributed by atoms with Crippen LogP contribution >= 0.6 is 11.6 Å². The van der Waals surface area contributed by atoms with Gasteiger partial charge in [0.1, 0.15) is 0 Å². The highest BCUT2D eigenvalue weighted by Gasteiger charge is 2.32. The Morgan fingerprint density at radius 3 is 2.58 bits per heavy atom.